The summed E-state index contributed by atoms with van der Waals surface area (Å²) in [6, 6.07) is 8.62. The molecular weight excluding hydrogens is 258 g/mol. The van der Waals surface area contributed by atoms with Gasteiger partial charge in [0, 0.05) is 6.54 Å². The second kappa shape index (κ2) is 6.93. The average molecular weight is 289 g/mol. The topological polar surface area (TPSA) is 32.3 Å². The first-order chi connectivity index (χ1) is 9.91. The van der Waals surface area contributed by atoms with Crippen LogP contribution in [0.25, 0.3) is 0 Å². The molecule has 0 amide bonds. The minimum Gasteiger partial charge on any atom is -0.387 e. The summed E-state index contributed by atoms with van der Waals surface area (Å²) in [5.41, 5.74) is 2.91. The molecule has 0 saturated heterocycles. The highest BCUT2D eigenvalue weighted by molar-refractivity contribution is 5.27. The molecule has 2 N–H and O–H groups in total. The van der Waals surface area contributed by atoms with E-state index in [0.717, 1.165) is 11.5 Å². The van der Waals surface area contributed by atoms with Crippen molar-refractivity contribution in [2.24, 2.45) is 11.3 Å². The van der Waals surface area contributed by atoms with Gasteiger partial charge in [0.2, 0.25) is 0 Å². The SMILES string of the molecule is CNCC(O)c1ccc(C2CCC(C(C)(C)C)CC2)cc1. The van der Waals surface area contributed by atoms with Gasteiger partial charge in [-0.1, -0.05) is 45.0 Å². The Balaban J connectivity index is 1.95. The van der Waals surface area contributed by atoms with Gasteiger partial charge in [0.15, 0.2) is 0 Å². The van der Waals surface area contributed by atoms with Crippen molar-refractivity contribution in [2.75, 3.05) is 13.6 Å². The fraction of sp³-hybridized carbons (Fsp3) is 0.684. The third-order valence-electron chi connectivity index (χ3n) is 5.14. The quantitative estimate of drug-likeness (QED) is 0.868. The zero-order valence-corrected chi connectivity index (χ0v) is 14.0. The van der Waals surface area contributed by atoms with E-state index in [0.29, 0.717) is 17.9 Å². The molecule has 2 heteroatoms. The van der Waals surface area contributed by atoms with Crippen molar-refractivity contribution in [3.63, 3.8) is 0 Å². The van der Waals surface area contributed by atoms with Gasteiger partial charge >= 0.3 is 0 Å². The molecular formula is C19H31NO. The zero-order chi connectivity index (χ0) is 15.5. The molecule has 0 spiro atoms. The number of likely N-dealkylation sites (N-methyl/N-ethyl adjacent to an activating group) is 1. The van der Waals surface area contributed by atoms with E-state index >= 15 is 0 Å². The zero-order valence-electron chi connectivity index (χ0n) is 14.0. The second-order valence-electron chi connectivity index (χ2n) is 7.65. The smallest absolute Gasteiger partial charge is 0.0914 e. The van der Waals surface area contributed by atoms with Crippen LogP contribution < -0.4 is 5.32 Å². The Morgan fingerprint density at radius 3 is 2.14 bits per heavy atom. The summed E-state index contributed by atoms with van der Waals surface area (Å²) in [4.78, 5) is 0. The molecule has 1 aliphatic rings. The highest BCUT2D eigenvalue weighted by Crippen LogP contribution is 2.43. The predicted octanol–water partition coefficient (Wildman–Crippen LogP) is 4.26. The van der Waals surface area contributed by atoms with Crippen LogP contribution in [-0.4, -0.2) is 18.7 Å². The molecule has 0 aliphatic heterocycles. The first-order valence-corrected chi connectivity index (χ1v) is 8.34. The van der Waals surface area contributed by atoms with Crippen LogP contribution in [0, 0.1) is 11.3 Å². The van der Waals surface area contributed by atoms with E-state index in [1.54, 1.807) is 0 Å². The Hall–Kier alpha value is -0.860. The van der Waals surface area contributed by atoms with Gasteiger partial charge in [-0.2, -0.15) is 0 Å². The molecule has 118 valence electrons. The van der Waals surface area contributed by atoms with E-state index in [1.165, 1.54) is 31.2 Å². The van der Waals surface area contributed by atoms with Crippen LogP contribution in [0.2, 0.25) is 0 Å². The Labute approximate surface area is 130 Å². The second-order valence-corrected chi connectivity index (χ2v) is 7.65. The van der Waals surface area contributed by atoms with Gasteiger partial charge in [-0.25, -0.2) is 0 Å². The van der Waals surface area contributed by atoms with Crippen LogP contribution in [0.3, 0.4) is 0 Å². The Bertz CT molecular complexity index is 424. The third-order valence-corrected chi connectivity index (χ3v) is 5.14. The third kappa shape index (κ3) is 4.31. The van der Waals surface area contributed by atoms with Gasteiger partial charge in [-0.15, -0.1) is 0 Å². The summed E-state index contributed by atoms with van der Waals surface area (Å²) in [7, 11) is 1.87. The van der Waals surface area contributed by atoms with Crippen LogP contribution in [0.5, 0.6) is 0 Å². The molecule has 1 aliphatic carbocycles. The first-order valence-electron chi connectivity index (χ1n) is 8.34. The van der Waals surface area contributed by atoms with Crippen molar-refractivity contribution in [1.29, 1.82) is 0 Å². The summed E-state index contributed by atoms with van der Waals surface area (Å²) < 4.78 is 0. The van der Waals surface area contributed by atoms with Gasteiger partial charge in [-0.3, -0.25) is 0 Å². The lowest BCUT2D eigenvalue weighted by atomic mass is 9.68. The molecule has 1 atom stereocenters. The van der Waals surface area contributed by atoms with Crippen molar-refractivity contribution >= 4 is 0 Å². The van der Waals surface area contributed by atoms with Gasteiger partial charge in [0.1, 0.15) is 0 Å². The molecule has 0 aromatic heterocycles. The molecule has 1 fully saturated rings. The number of hydrogen-bond acceptors (Lipinski definition) is 2. The lowest BCUT2D eigenvalue weighted by Crippen LogP contribution is -2.25. The van der Waals surface area contributed by atoms with Crippen molar-refractivity contribution < 1.29 is 5.11 Å². The van der Waals surface area contributed by atoms with Crippen molar-refractivity contribution in [2.45, 2.75) is 58.5 Å². The molecule has 0 bridgehead atoms. The highest BCUT2D eigenvalue weighted by atomic mass is 16.3. The number of aliphatic hydroxyl groups is 1. The number of hydrogen-bond donors (Lipinski definition) is 2. The minimum atomic E-state index is -0.402. The van der Waals surface area contributed by atoms with E-state index in [9.17, 15) is 5.11 Å². The summed E-state index contributed by atoms with van der Waals surface area (Å²) in [5, 5.41) is 13.0. The molecule has 1 unspecified atom stereocenters. The monoisotopic (exact) mass is 289 g/mol. The number of nitrogens with one attached hydrogen (secondary N) is 1. The van der Waals surface area contributed by atoms with Crippen LogP contribution in [0.1, 0.15) is 69.6 Å². The lowest BCUT2D eigenvalue weighted by Gasteiger charge is -2.37. The van der Waals surface area contributed by atoms with Gasteiger partial charge in [0.05, 0.1) is 6.10 Å². The van der Waals surface area contributed by atoms with E-state index in [1.807, 2.05) is 7.05 Å². The maximum Gasteiger partial charge on any atom is 0.0914 e. The largest absolute Gasteiger partial charge is 0.387 e. The normalized spacial score (nSPS) is 24.8. The van der Waals surface area contributed by atoms with Gasteiger partial charge in [-0.05, 0) is 61.1 Å². The first kappa shape index (κ1) is 16.5. The number of benzene rings is 1. The molecule has 2 rings (SSSR count). The van der Waals surface area contributed by atoms with Gasteiger partial charge in [0.25, 0.3) is 0 Å². The van der Waals surface area contributed by atoms with Crippen molar-refractivity contribution in [1.82, 2.24) is 5.32 Å². The van der Waals surface area contributed by atoms with Crippen LogP contribution in [-0.2, 0) is 0 Å². The van der Waals surface area contributed by atoms with Crippen LogP contribution >= 0.6 is 0 Å². The Kier molecular flexibility index (Phi) is 5.45. The maximum atomic E-state index is 9.98. The predicted molar refractivity (Wildman–Crippen MR) is 89.5 cm³/mol. The summed E-state index contributed by atoms with van der Waals surface area (Å²) in [5.74, 6) is 1.57. The fourth-order valence-electron chi connectivity index (χ4n) is 3.59. The van der Waals surface area contributed by atoms with Crippen molar-refractivity contribution in [3.8, 4) is 0 Å². The molecule has 21 heavy (non-hydrogen) atoms. The van der Waals surface area contributed by atoms with Crippen molar-refractivity contribution in [3.05, 3.63) is 35.4 Å². The molecule has 1 aromatic carbocycles. The molecule has 1 aromatic rings. The van der Waals surface area contributed by atoms with Crippen LogP contribution in [0.4, 0.5) is 0 Å². The van der Waals surface area contributed by atoms with E-state index in [4.69, 9.17) is 0 Å². The average Bonchev–Trinajstić information content (AvgIpc) is 2.47. The molecule has 2 nitrogen and oxygen atoms in total. The highest BCUT2D eigenvalue weighted by Gasteiger charge is 2.30. The van der Waals surface area contributed by atoms with E-state index in [2.05, 4.69) is 50.4 Å². The lowest BCUT2D eigenvalue weighted by molar-refractivity contribution is 0.169. The fourth-order valence-corrected chi connectivity index (χ4v) is 3.59. The molecule has 0 heterocycles. The maximum absolute atomic E-state index is 9.98. The van der Waals surface area contributed by atoms with E-state index in [-0.39, 0.29) is 0 Å². The Morgan fingerprint density at radius 2 is 1.67 bits per heavy atom. The summed E-state index contributed by atoms with van der Waals surface area (Å²) >= 11 is 0. The molecule has 0 radical (unpaired) electrons. The number of aliphatic hydroxyl groups excluding tert-OH is 1. The standard InChI is InChI=1S/C19H31NO/c1-19(2,3)17-11-9-15(10-12-17)14-5-7-16(8-6-14)18(21)13-20-4/h5-8,15,17-18,20-21H,9-13H2,1-4H3. The minimum absolute atomic E-state index is 0.402. The van der Waals surface area contributed by atoms with E-state index < -0.39 is 6.10 Å². The van der Waals surface area contributed by atoms with Gasteiger partial charge < -0.3 is 10.4 Å². The van der Waals surface area contributed by atoms with Crippen LogP contribution in [0.15, 0.2) is 24.3 Å². The summed E-state index contributed by atoms with van der Waals surface area (Å²) in [6.07, 6.45) is 4.90. The number of rotatable bonds is 4. The Morgan fingerprint density at radius 1 is 1.10 bits per heavy atom. The molecule has 1 saturated carbocycles. The summed E-state index contributed by atoms with van der Waals surface area (Å²) in [6.45, 7) is 7.72.